The maximum Gasteiger partial charge on any atom is 0.255 e. The lowest BCUT2D eigenvalue weighted by atomic mass is 9.70. The summed E-state index contributed by atoms with van der Waals surface area (Å²) in [5, 5.41) is 2.79. The van der Waals surface area contributed by atoms with Crippen LogP contribution in [-0.4, -0.2) is 34.5 Å². The van der Waals surface area contributed by atoms with Crippen molar-refractivity contribution in [3.63, 3.8) is 0 Å². The van der Waals surface area contributed by atoms with Crippen molar-refractivity contribution in [3.8, 4) is 16.3 Å². The Morgan fingerprint density at radius 3 is 2.73 bits per heavy atom. The van der Waals surface area contributed by atoms with Gasteiger partial charge in [0.2, 0.25) is 0 Å². The molecule has 1 aromatic heterocycles. The zero-order chi connectivity index (χ0) is 20.7. The first-order chi connectivity index (χ1) is 14.6. The number of thiazole rings is 1. The van der Waals surface area contributed by atoms with Gasteiger partial charge in [-0.25, -0.2) is 9.37 Å². The number of aryl methyl sites for hydroxylation is 1. The van der Waals surface area contributed by atoms with Gasteiger partial charge in [0.1, 0.15) is 23.2 Å². The minimum Gasteiger partial charge on any atom is -0.491 e. The Bertz CT molecular complexity index is 1050. The van der Waals surface area contributed by atoms with Crippen LogP contribution in [0, 0.1) is 18.7 Å². The van der Waals surface area contributed by atoms with E-state index in [0.29, 0.717) is 23.8 Å². The van der Waals surface area contributed by atoms with Crippen molar-refractivity contribution in [2.75, 3.05) is 6.61 Å². The van der Waals surface area contributed by atoms with Crippen LogP contribution in [-0.2, 0) is 0 Å². The van der Waals surface area contributed by atoms with Gasteiger partial charge in [-0.05, 0) is 62.4 Å². The van der Waals surface area contributed by atoms with Crippen LogP contribution in [0.15, 0.2) is 54.0 Å². The predicted octanol–water partition coefficient (Wildman–Crippen LogP) is 5.33. The average molecular weight is 423 g/mol. The van der Waals surface area contributed by atoms with E-state index in [2.05, 4.69) is 4.98 Å². The fourth-order valence-electron chi connectivity index (χ4n) is 4.64. The first-order valence-electron chi connectivity index (χ1n) is 10.3. The van der Waals surface area contributed by atoms with Crippen LogP contribution in [0.25, 0.3) is 10.6 Å². The molecule has 0 N–H and O–H groups in total. The summed E-state index contributed by atoms with van der Waals surface area (Å²) in [6.07, 6.45) is 4.85. The lowest BCUT2D eigenvalue weighted by Gasteiger charge is -2.53. The molecule has 0 radical (unpaired) electrons. The summed E-state index contributed by atoms with van der Waals surface area (Å²) in [4.78, 5) is 20.2. The van der Waals surface area contributed by atoms with Crippen LogP contribution in [0.2, 0.25) is 0 Å². The number of hydrogen-bond donors (Lipinski definition) is 0. The van der Waals surface area contributed by atoms with E-state index < -0.39 is 0 Å². The number of piperidine rings is 2. The zero-order valence-corrected chi connectivity index (χ0v) is 17.6. The second-order valence-corrected chi connectivity index (χ2v) is 9.14. The molecule has 1 saturated carbocycles. The van der Waals surface area contributed by atoms with Crippen molar-refractivity contribution in [1.82, 2.24) is 9.88 Å². The third kappa shape index (κ3) is 3.60. The summed E-state index contributed by atoms with van der Waals surface area (Å²) in [7, 11) is 0. The number of carbonyl (C=O) groups is 1. The second kappa shape index (κ2) is 7.84. The van der Waals surface area contributed by atoms with Crippen molar-refractivity contribution in [2.45, 2.75) is 38.3 Å². The molecule has 1 amide bonds. The number of nitrogens with zero attached hydrogens (tertiary/aromatic N) is 2. The number of fused-ring (bicyclic) bond motifs is 2. The minimum absolute atomic E-state index is 0.0183. The van der Waals surface area contributed by atoms with Gasteiger partial charge < -0.3 is 9.64 Å². The number of amides is 1. The van der Waals surface area contributed by atoms with E-state index in [0.717, 1.165) is 35.4 Å². The molecule has 3 aliphatic rings. The quantitative estimate of drug-likeness (QED) is 0.558. The van der Waals surface area contributed by atoms with Crippen molar-refractivity contribution in [2.24, 2.45) is 5.92 Å². The highest BCUT2D eigenvalue weighted by atomic mass is 32.1. The zero-order valence-electron chi connectivity index (χ0n) is 16.8. The number of hydrogen-bond acceptors (Lipinski definition) is 4. The second-order valence-electron chi connectivity index (χ2n) is 8.24. The highest BCUT2D eigenvalue weighted by molar-refractivity contribution is 7.13. The molecular weight excluding hydrogens is 399 g/mol. The number of carbonyl (C=O) groups excluding carboxylic acids is 1. The number of benzene rings is 2. The third-order valence-corrected chi connectivity index (χ3v) is 6.97. The Balaban J connectivity index is 1.42. The first kappa shape index (κ1) is 19.2. The smallest absolute Gasteiger partial charge is 0.255 e. The molecule has 6 rings (SSSR count). The first-order valence-corrected chi connectivity index (χ1v) is 11.2. The number of rotatable bonds is 5. The Hall–Kier alpha value is -2.73. The monoisotopic (exact) mass is 422 g/mol. The van der Waals surface area contributed by atoms with Gasteiger partial charge in [-0.1, -0.05) is 17.7 Å². The van der Waals surface area contributed by atoms with Crippen LogP contribution < -0.4 is 4.74 Å². The Morgan fingerprint density at radius 2 is 2.00 bits per heavy atom. The van der Waals surface area contributed by atoms with E-state index in [1.54, 1.807) is 29.7 Å². The third-order valence-electron chi connectivity index (χ3n) is 6.16. The molecule has 1 atom stereocenters. The molecule has 2 saturated heterocycles. The van der Waals surface area contributed by atoms with Gasteiger partial charge in [0.05, 0.1) is 11.6 Å². The van der Waals surface area contributed by atoms with Gasteiger partial charge in [-0.2, -0.15) is 0 Å². The average Bonchev–Trinajstić information content (AvgIpc) is 3.26. The van der Waals surface area contributed by atoms with Crippen LogP contribution in [0.4, 0.5) is 4.39 Å². The number of ether oxygens (including phenoxy) is 1. The van der Waals surface area contributed by atoms with E-state index in [4.69, 9.17) is 4.74 Å². The van der Waals surface area contributed by atoms with Crippen LogP contribution in [0.3, 0.4) is 0 Å². The molecule has 2 bridgehead atoms. The van der Waals surface area contributed by atoms with E-state index in [1.165, 1.54) is 12.1 Å². The maximum absolute atomic E-state index is 13.8. The normalized spacial score (nSPS) is 22.5. The van der Waals surface area contributed by atoms with Crippen LogP contribution >= 0.6 is 11.3 Å². The van der Waals surface area contributed by atoms with Gasteiger partial charge in [-0.15, -0.1) is 11.3 Å². The summed E-state index contributed by atoms with van der Waals surface area (Å²) < 4.78 is 19.1. The topological polar surface area (TPSA) is 42.4 Å². The van der Waals surface area contributed by atoms with E-state index >= 15 is 0 Å². The number of aromatic nitrogens is 1. The molecule has 6 heteroatoms. The molecule has 4 nitrogen and oxygen atoms in total. The molecule has 0 spiro atoms. The lowest BCUT2D eigenvalue weighted by molar-refractivity contribution is -0.0305. The summed E-state index contributed by atoms with van der Waals surface area (Å²) in [5.41, 5.74) is 2.66. The summed E-state index contributed by atoms with van der Waals surface area (Å²) in [6, 6.07) is 12.3. The van der Waals surface area contributed by atoms with Gasteiger partial charge in [-0.3, -0.25) is 4.79 Å². The maximum atomic E-state index is 13.8. The molecule has 3 aromatic rings. The molecule has 3 fully saturated rings. The fourth-order valence-corrected chi connectivity index (χ4v) is 5.31. The Labute approximate surface area is 179 Å². The molecule has 30 heavy (non-hydrogen) atoms. The minimum atomic E-state index is -0.285. The molecule has 1 aliphatic carbocycles. The van der Waals surface area contributed by atoms with Gasteiger partial charge in [0, 0.05) is 23.2 Å². The molecule has 154 valence electrons. The summed E-state index contributed by atoms with van der Waals surface area (Å²) in [6.45, 7) is 2.43. The van der Waals surface area contributed by atoms with E-state index in [-0.39, 0.29) is 23.8 Å². The lowest BCUT2D eigenvalue weighted by Crippen LogP contribution is -2.60. The predicted molar refractivity (Wildman–Crippen MR) is 115 cm³/mol. The molecule has 0 unspecified atom stereocenters. The molecular formula is C24H23FN2O2S. The SMILES string of the molecule is Cc1ccc(-c2nccs2)c(C(=O)N2C3CC(C3)C[C@H]2COc2ccc(F)cc2)c1. The van der Waals surface area contributed by atoms with Gasteiger partial charge in [0.15, 0.2) is 0 Å². The van der Waals surface area contributed by atoms with Crippen molar-refractivity contribution < 1.29 is 13.9 Å². The standard InChI is InChI=1S/C24H23FN2O2S/c1-15-2-7-21(23-26-8-9-30-23)22(10-15)24(28)27-18-11-16(12-18)13-19(27)14-29-20-5-3-17(25)4-6-20/h2-10,16,18-19H,11-14H2,1H3/t16?,18?,19-/m0/s1. The van der Waals surface area contributed by atoms with E-state index in [9.17, 15) is 9.18 Å². The molecule has 2 aliphatic heterocycles. The highest BCUT2D eigenvalue weighted by Gasteiger charge is 2.47. The van der Waals surface area contributed by atoms with Gasteiger partial charge in [0.25, 0.3) is 5.91 Å². The van der Waals surface area contributed by atoms with Crippen LogP contribution in [0.5, 0.6) is 5.75 Å². The van der Waals surface area contributed by atoms with Crippen LogP contribution in [0.1, 0.15) is 35.2 Å². The number of halogens is 1. The van der Waals surface area contributed by atoms with Crippen molar-refractivity contribution >= 4 is 17.2 Å². The summed E-state index contributed by atoms with van der Waals surface area (Å²) in [5.74, 6) is 1.06. The molecule has 2 aromatic carbocycles. The summed E-state index contributed by atoms with van der Waals surface area (Å²) >= 11 is 1.54. The molecule has 3 heterocycles. The highest BCUT2D eigenvalue weighted by Crippen LogP contribution is 2.44. The Morgan fingerprint density at radius 1 is 1.20 bits per heavy atom. The van der Waals surface area contributed by atoms with Crippen molar-refractivity contribution in [3.05, 3.63) is 71.0 Å². The van der Waals surface area contributed by atoms with Crippen molar-refractivity contribution in [1.29, 1.82) is 0 Å². The largest absolute Gasteiger partial charge is 0.491 e. The Kier molecular flexibility index (Phi) is 5.03. The van der Waals surface area contributed by atoms with Gasteiger partial charge >= 0.3 is 0 Å². The fraction of sp³-hybridized carbons (Fsp3) is 0.333. The van der Waals surface area contributed by atoms with E-state index in [1.807, 2.05) is 35.4 Å².